The Balaban J connectivity index is 1.19. The highest BCUT2D eigenvalue weighted by Gasteiger charge is 2.39. The summed E-state index contributed by atoms with van der Waals surface area (Å²) in [4.78, 5) is 22.9. The van der Waals surface area contributed by atoms with Crippen LogP contribution < -0.4 is 5.32 Å². The number of nitrogens with one attached hydrogen (secondary N) is 1. The van der Waals surface area contributed by atoms with E-state index in [4.69, 9.17) is 0 Å². The maximum Gasteiger partial charge on any atom is 0.229 e. The molecule has 198 valence electrons. The van der Waals surface area contributed by atoms with Gasteiger partial charge in [-0.25, -0.2) is 24.3 Å². The molecule has 0 spiro atoms. The third-order valence-electron chi connectivity index (χ3n) is 7.89. The molecule has 2 fully saturated rings. The van der Waals surface area contributed by atoms with Gasteiger partial charge in [-0.2, -0.15) is 5.10 Å². The fourth-order valence-corrected chi connectivity index (χ4v) is 6.05. The van der Waals surface area contributed by atoms with E-state index in [1.165, 1.54) is 24.6 Å². The highest BCUT2D eigenvalue weighted by atomic mass is 19.1. The summed E-state index contributed by atoms with van der Waals surface area (Å²) in [7, 11) is 1.90. The van der Waals surface area contributed by atoms with Crippen LogP contribution in [0.3, 0.4) is 0 Å². The summed E-state index contributed by atoms with van der Waals surface area (Å²) in [5.41, 5.74) is 3.64. The van der Waals surface area contributed by atoms with Crippen molar-refractivity contribution in [2.45, 2.75) is 58.2 Å². The number of halogens is 1. The van der Waals surface area contributed by atoms with Crippen LogP contribution >= 0.6 is 0 Å². The van der Waals surface area contributed by atoms with E-state index >= 15 is 0 Å². The summed E-state index contributed by atoms with van der Waals surface area (Å²) in [6, 6.07) is 7.20. The van der Waals surface area contributed by atoms with Crippen LogP contribution in [0.5, 0.6) is 0 Å². The predicted octanol–water partition coefficient (Wildman–Crippen LogP) is 4.49. The lowest BCUT2D eigenvalue weighted by molar-refractivity contribution is 0.0641. The van der Waals surface area contributed by atoms with Gasteiger partial charge in [0.15, 0.2) is 11.5 Å². The molecule has 0 aromatic carbocycles. The Labute approximate surface area is 222 Å². The first kappa shape index (κ1) is 24.8. The van der Waals surface area contributed by atoms with Crippen molar-refractivity contribution in [3.8, 4) is 11.3 Å². The second-order valence-electron chi connectivity index (χ2n) is 10.7. The number of nitrogens with zero attached hydrogens (tertiary/aromatic N) is 8. The summed E-state index contributed by atoms with van der Waals surface area (Å²) in [5.74, 6) is 0.645. The van der Waals surface area contributed by atoms with E-state index in [1.54, 1.807) is 6.20 Å². The third-order valence-corrected chi connectivity index (χ3v) is 7.89. The first-order chi connectivity index (χ1) is 18.4. The monoisotopic (exact) mass is 515 g/mol. The average molecular weight is 516 g/mol. The number of aryl methyl sites for hydroxylation is 1. The summed E-state index contributed by atoms with van der Waals surface area (Å²) >= 11 is 0. The Morgan fingerprint density at radius 2 is 1.84 bits per heavy atom. The predicted molar refractivity (Wildman–Crippen MR) is 146 cm³/mol. The number of likely N-dealkylation sites (N-methyl/N-ethyl adjacent to an activating group) is 1. The van der Waals surface area contributed by atoms with E-state index in [0.717, 1.165) is 37.3 Å². The van der Waals surface area contributed by atoms with E-state index in [-0.39, 0.29) is 17.6 Å². The molecule has 2 atom stereocenters. The average Bonchev–Trinajstić information content (AvgIpc) is 3.35. The Morgan fingerprint density at radius 1 is 1.05 bits per heavy atom. The lowest BCUT2D eigenvalue weighted by Crippen LogP contribution is -2.52. The van der Waals surface area contributed by atoms with E-state index in [0.29, 0.717) is 29.1 Å². The van der Waals surface area contributed by atoms with Crippen LogP contribution in [0, 0.1) is 5.82 Å². The maximum absolute atomic E-state index is 14.8. The molecule has 2 bridgehead atoms. The molecule has 10 heteroatoms. The van der Waals surface area contributed by atoms with Crippen molar-refractivity contribution in [1.29, 1.82) is 0 Å². The molecule has 2 aliphatic heterocycles. The van der Waals surface area contributed by atoms with E-state index in [1.807, 2.05) is 30.1 Å². The van der Waals surface area contributed by atoms with Crippen LogP contribution in [0.2, 0.25) is 0 Å². The molecular weight excluding hydrogens is 481 g/mol. The van der Waals surface area contributed by atoms with Crippen LogP contribution in [-0.4, -0.2) is 71.2 Å². The summed E-state index contributed by atoms with van der Waals surface area (Å²) < 4.78 is 16.7. The number of likely N-dealkylation sites (tertiary alicyclic amines) is 1. The van der Waals surface area contributed by atoms with Crippen molar-refractivity contribution in [2.24, 2.45) is 7.05 Å². The van der Waals surface area contributed by atoms with Crippen molar-refractivity contribution in [3.05, 3.63) is 53.9 Å². The minimum absolute atomic E-state index is 0.189. The highest BCUT2D eigenvalue weighted by molar-refractivity contribution is 5.83. The van der Waals surface area contributed by atoms with Crippen molar-refractivity contribution in [1.82, 2.24) is 39.5 Å². The number of piperazine rings is 1. The molecule has 0 aliphatic carbocycles. The van der Waals surface area contributed by atoms with Gasteiger partial charge in [-0.15, -0.1) is 0 Å². The quantitative estimate of drug-likeness (QED) is 0.385. The Bertz CT molecular complexity index is 1430. The summed E-state index contributed by atoms with van der Waals surface area (Å²) in [6.45, 7) is 10.8. The van der Waals surface area contributed by atoms with Gasteiger partial charge >= 0.3 is 0 Å². The van der Waals surface area contributed by atoms with Crippen molar-refractivity contribution < 1.29 is 4.39 Å². The van der Waals surface area contributed by atoms with Crippen LogP contribution in [0.4, 0.5) is 16.2 Å². The lowest BCUT2D eigenvalue weighted by Gasteiger charge is -2.40. The largest absolute Gasteiger partial charge is 0.309 e. The molecule has 2 unspecified atom stereocenters. The van der Waals surface area contributed by atoms with Gasteiger partial charge in [0.1, 0.15) is 11.5 Å². The summed E-state index contributed by atoms with van der Waals surface area (Å²) in [6.07, 6.45) is 7.25. The normalized spacial score (nSPS) is 20.1. The second-order valence-corrected chi connectivity index (χ2v) is 10.7. The number of anilines is 2. The standard InChI is InChI=1S/C28H34FN9/c1-5-37-15-20-7-8-21(16-37)38(20)14-18-6-9-24(30-11-18)33-28-32-13-23(29)25(34-28)19-10-22-26(17(2)3)36(4)35-27(22)31-12-19/h6,9-13,17,20-21H,5,7-8,14-16H2,1-4H3,(H,30,32,33,34). The first-order valence-electron chi connectivity index (χ1n) is 13.4. The molecule has 9 nitrogen and oxygen atoms in total. The topological polar surface area (TPSA) is 87.9 Å². The molecule has 0 saturated carbocycles. The molecule has 6 rings (SSSR count). The number of hydrogen-bond acceptors (Lipinski definition) is 8. The van der Waals surface area contributed by atoms with Crippen molar-refractivity contribution in [2.75, 3.05) is 25.0 Å². The minimum Gasteiger partial charge on any atom is -0.309 e. The molecule has 2 saturated heterocycles. The highest BCUT2D eigenvalue weighted by Crippen LogP contribution is 2.32. The zero-order chi connectivity index (χ0) is 26.4. The van der Waals surface area contributed by atoms with E-state index in [9.17, 15) is 4.39 Å². The molecule has 2 aliphatic rings. The van der Waals surface area contributed by atoms with E-state index < -0.39 is 5.82 Å². The molecule has 0 radical (unpaired) electrons. The van der Waals surface area contributed by atoms with Gasteiger partial charge in [0.05, 0.1) is 11.9 Å². The molecule has 6 heterocycles. The number of hydrogen-bond donors (Lipinski definition) is 1. The Morgan fingerprint density at radius 3 is 2.53 bits per heavy atom. The Hall–Kier alpha value is -3.50. The smallest absolute Gasteiger partial charge is 0.229 e. The molecule has 0 amide bonds. The van der Waals surface area contributed by atoms with Gasteiger partial charge in [-0.05, 0) is 43.0 Å². The van der Waals surface area contributed by atoms with Crippen LogP contribution in [0.1, 0.15) is 50.8 Å². The summed E-state index contributed by atoms with van der Waals surface area (Å²) in [5, 5.41) is 8.51. The lowest BCUT2D eigenvalue weighted by atomic mass is 10.1. The fraction of sp³-hybridized carbons (Fsp3) is 0.464. The van der Waals surface area contributed by atoms with Gasteiger partial charge < -0.3 is 10.2 Å². The van der Waals surface area contributed by atoms with Gasteiger partial charge in [-0.3, -0.25) is 9.58 Å². The Kier molecular flexibility index (Phi) is 6.53. The SMILES string of the molecule is CCN1CC2CCC(C1)N2Cc1ccc(Nc2ncc(F)c(-c3cnc4nn(C)c(C(C)C)c4c3)n2)nc1. The zero-order valence-electron chi connectivity index (χ0n) is 22.4. The van der Waals surface area contributed by atoms with Crippen molar-refractivity contribution in [3.63, 3.8) is 0 Å². The molecule has 1 N–H and O–H groups in total. The molecule has 4 aromatic heterocycles. The second kappa shape index (κ2) is 9.99. The van der Waals surface area contributed by atoms with Gasteiger partial charge in [0.2, 0.25) is 5.95 Å². The van der Waals surface area contributed by atoms with E-state index in [2.05, 4.69) is 67.0 Å². The fourth-order valence-electron chi connectivity index (χ4n) is 6.05. The zero-order valence-corrected chi connectivity index (χ0v) is 22.4. The molecule has 38 heavy (non-hydrogen) atoms. The number of fused-ring (bicyclic) bond motifs is 3. The van der Waals surface area contributed by atoms with Gasteiger partial charge in [0.25, 0.3) is 0 Å². The molecular formula is C28H34FN9. The van der Waals surface area contributed by atoms with Gasteiger partial charge in [-0.1, -0.05) is 26.8 Å². The van der Waals surface area contributed by atoms with Crippen molar-refractivity contribution >= 4 is 22.8 Å². The first-order valence-corrected chi connectivity index (χ1v) is 13.4. The van der Waals surface area contributed by atoms with Crippen LogP contribution in [0.15, 0.2) is 36.8 Å². The minimum atomic E-state index is -0.507. The number of aromatic nitrogens is 6. The van der Waals surface area contributed by atoms with Gasteiger partial charge in [0, 0.05) is 62.1 Å². The number of pyridine rings is 2. The number of rotatable bonds is 7. The maximum atomic E-state index is 14.8. The molecule has 4 aromatic rings. The third kappa shape index (κ3) is 4.63. The van der Waals surface area contributed by atoms with Crippen LogP contribution in [-0.2, 0) is 13.6 Å². The van der Waals surface area contributed by atoms with Crippen LogP contribution in [0.25, 0.3) is 22.3 Å².